The molecule has 1 saturated heterocycles. The van der Waals surface area contributed by atoms with Crippen molar-refractivity contribution in [2.24, 2.45) is 5.92 Å². The van der Waals surface area contributed by atoms with Crippen LogP contribution in [0.4, 0.5) is 15.8 Å². The number of hydrogen-bond acceptors (Lipinski definition) is 4. The number of nitrogens with zero attached hydrogens (tertiary/aromatic N) is 2. The van der Waals surface area contributed by atoms with Gasteiger partial charge in [-0.1, -0.05) is 32.9 Å². The maximum atomic E-state index is 14.1. The van der Waals surface area contributed by atoms with Crippen molar-refractivity contribution >= 4 is 27.3 Å². The molecular weight excluding hydrogens is 417 g/mol. The van der Waals surface area contributed by atoms with Crippen molar-refractivity contribution in [3.05, 3.63) is 53.8 Å². The molecule has 0 atom stereocenters. The Kier molecular flexibility index (Phi) is 7.33. The molecule has 8 heteroatoms. The number of nitrogens with one attached hydrogen (secondary N) is 1. The van der Waals surface area contributed by atoms with Crippen molar-refractivity contribution in [2.75, 3.05) is 36.4 Å². The van der Waals surface area contributed by atoms with E-state index in [1.54, 1.807) is 38.1 Å². The number of piperidine rings is 1. The molecule has 1 aliphatic rings. The van der Waals surface area contributed by atoms with E-state index in [1.807, 2.05) is 0 Å². The second-order valence-corrected chi connectivity index (χ2v) is 9.81. The number of hydrogen-bond donors (Lipinski definition) is 1. The van der Waals surface area contributed by atoms with E-state index in [9.17, 15) is 17.6 Å². The molecule has 0 radical (unpaired) electrons. The molecule has 3 rings (SSSR count). The van der Waals surface area contributed by atoms with Crippen LogP contribution in [0.5, 0.6) is 0 Å². The fourth-order valence-electron chi connectivity index (χ4n) is 3.85. The van der Waals surface area contributed by atoms with Gasteiger partial charge in [-0.2, -0.15) is 4.31 Å². The lowest BCUT2D eigenvalue weighted by atomic mass is 9.98. The summed E-state index contributed by atoms with van der Waals surface area (Å²) in [5.41, 5.74) is 0.952. The van der Waals surface area contributed by atoms with Crippen molar-refractivity contribution in [1.82, 2.24) is 4.31 Å². The van der Waals surface area contributed by atoms with Gasteiger partial charge in [-0.25, -0.2) is 12.8 Å². The van der Waals surface area contributed by atoms with Gasteiger partial charge in [0.25, 0.3) is 5.91 Å². The molecule has 2 aromatic carbocycles. The number of rotatable bonds is 7. The number of amides is 1. The standard InChI is InChI=1S/C23H30FN3O3S/c1-4-27(5-2)31(29,30)18-10-11-22(26-14-12-17(3)13-15-26)19(16-18)23(28)25-21-9-7-6-8-20(21)24/h6-11,16-17H,4-5,12-15H2,1-3H3,(H,25,28). The monoisotopic (exact) mass is 447 g/mol. The summed E-state index contributed by atoms with van der Waals surface area (Å²) in [6, 6.07) is 10.6. The highest BCUT2D eigenvalue weighted by Crippen LogP contribution is 2.30. The number of anilines is 2. The molecule has 0 unspecified atom stereocenters. The van der Waals surface area contributed by atoms with Crippen LogP contribution in [0.25, 0.3) is 0 Å². The number of benzene rings is 2. The first-order chi connectivity index (χ1) is 14.8. The van der Waals surface area contributed by atoms with Gasteiger partial charge < -0.3 is 10.2 Å². The summed E-state index contributed by atoms with van der Waals surface area (Å²) >= 11 is 0. The van der Waals surface area contributed by atoms with E-state index < -0.39 is 21.7 Å². The van der Waals surface area contributed by atoms with E-state index in [1.165, 1.54) is 22.5 Å². The summed E-state index contributed by atoms with van der Waals surface area (Å²) in [6.07, 6.45) is 1.99. The predicted molar refractivity (Wildman–Crippen MR) is 122 cm³/mol. The number of sulfonamides is 1. The van der Waals surface area contributed by atoms with E-state index in [-0.39, 0.29) is 16.1 Å². The normalized spacial score (nSPS) is 15.3. The van der Waals surface area contributed by atoms with E-state index in [0.29, 0.717) is 24.7 Å². The minimum Gasteiger partial charge on any atom is -0.371 e. The third kappa shape index (κ3) is 5.07. The molecule has 168 valence electrons. The number of carbonyl (C=O) groups is 1. The Hall–Kier alpha value is -2.45. The summed E-state index contributed by atoms with van der Waals surface area (Å²) in [5.74, 6) is -0.472. The quantitative estimate of drug-likeness (QED) is 0.685. The molecule has 0 saturated carbocycles. The summed E-state index contributed by atoms with van der Waals surface area (Å²) in [6.45, 7) is 7.98. The minimum absolute atomic E-state index is 0.0581. The van der Waals surface area contributed by atoms with E-state index in [2.05, 4.69) is 17.1 Å². The summed E-state index contributed by atoms with van der Waals surface area (Å²) < 4.78 is 41.5. The lowest BCUT2D eigenvalue weighted by Gasteiger charge is -2.33. The van der Waals surface area contributed by atoms with Gasteiger partial charge in [0.1, 0.15) is 5.82 Å². The van der Waals surface area contributed by atoms with Crippen LogP contribution < -0.4 is 10.2 Å². The SMILES string of the molecule is CCN(CC)S(=O)(=O)c1ccc(N2CCC(C)CC2)c(C(=O)Nc2ccccc2F)c1. The number of carbonyl (C=O) groups excluding carboxylic acids is 1. The van der Waals surface area contributed by atoms with Crippen molar-refractivity contribution < 1.29 is 17.6 Å². The van der Waals surface area contributed by atoms with Crippen LogP contribution in [0.2, 0.25) is 0 Å². The molecule has 1 heterocycles. The zero-order chi connectivity index (χ0) is 22.6. The predicted octanol–water partition coefficient (Wildman–Crippen LogP) is 4.34. The molecule has 0 spiro atoms. The third-order valence-electron chi connectivity index (χ3n) is 5.80. The zero-order valence-corrected chi connectivity index (χ0v) is 19.1. The van der Waals surface area contributed by atoms with Crippen LogP contribution in [0.15, 0.2) is 47.4 Å². The van der Waals surface area contributed by atoms with Crippen molar-refractivity contribution in [1.29, 1.82) is 0 Å². The highest BCUT2D eigenvalue weighted by atomic mass is 32.2. The van der Waals surface area contributed by atoms with Gasteiger partial charge >= 0.3 is 0 Å². The van der Waals surface area contributed by atoms with Crippen LogP contribution in [0, 0.1) is 11.7 Å². The Balaban J connectivity index is 2.03. The summed E-state index contributed by atoms with van der Waals surface area (Å²) in [4.78, 5) is 15.3. The van der Waals surface area contributed by atoms with Crippen molar-refractivity contribution in [3.8, 4) is 0 Å². The van der Waals surface area contributed by atoms with Crippen LogP contribution in [-0.4, -0.2) is 44.8 Å². The maximum absolute atomic E-state index is 14.1. The molecule has 31 heavy (non-hydrogen) atoms. The molecule has 0 aliphatic carbocycles. The largest absolute Gasteiger partial charge is 0.371 e. The number of halogens is 1. The van der Waals surface area contributed by atoms with E-state index in [0.717, 1.165) is 25.9 Å². The molecule has 0 bridgehead atoms. The lowest BCUT2D eigenvalue weighted by molar-refractivity contribution is 0.102. The van der Waals surface area contributed by atoms with Crippen LogP contribution in [-0.2, 0) is 10.0 Å². The van der Waals surface area contributed by atoms with Crippen molar-refractivity contribution in [3.63, 3.8) is 0 Å². The summed E-state index contributed by atoms with van der Waals surface area (Å²) in [5, 5.41) is 2.60. The Bertz CT molecular complexity index is 1030. The Morgan fingerprint density at radius 2 is 1.77 bits per heavy atom. The van der Waals surface area contributed by atoms with Crippen LogP contribution in [0.3, 0.4) is 0 Å². The van der Waals surface area contributed by atoms with Gasteiger partial charge in [0.2, 0.25) is 10.0 Å². The highest BCUT2D eigenvalue weighted by Gasteiger charge is 2.27. The van der Waals surface area contributed by atoms with Gasteiger partial charge in [-0.15, -0.1) is 0 Å². The number of para-hydroxylation sites is 1. The average molecular weight is 448 g/mol. The average Bonchev–Trinajstić information content (AvgIpc) is 2.76. The molecule has 1 aliphatic heterocycles. The minimum atomic E-state index is -3.73. The van der Waals surface area contributed by atoms with Gasteiger partial charge in [0.15, 0.2) is 0 Å². The molecule has 2 aromatic rings. The molecule has 1 amide bonds. The lowest BCUT2D eigenvalue weighted by Crippen LogP contribution is -2.35. The summed E-state index contributed by atoms with van der Waals surface area (Å²) in [7, 11) is -3.73. The molecule has 6 nitrogen and oxygen atoms in total. The fourth-order valence-corrected chi connectivity index (χ4v) is 5.33. The molecule has 0 aromatic heterocycles. The van der Waals surface area contributed by atoms with Crippen LogP contribution >= 0.6 is 0 Å². The Labute approximate surface area is 184 Å². The Morgan fingerprint density at radius 3 is 2.39 bits per heavy atom. The topological polar surface area (TPSA) is 69.7 Å². The smallest absolute Gasteiger partial charge is 0.257 e. The van der Waals surface area contributed by atoms with E-state index in [4.69, 9.17) is 0 Å². The van der Waals surface area contributed by atoms with Gasteiger partial charge in [-0.05, 0) is 49.1 Å². The zero-order valence-electron chi connectivity index (χ0n) is 18.3. The first kappa shape index (κ1) is 23.2. The highest BCUT2D eigenvalue weighted by molar-refractivity contribution is 7.89. The molecule has 1 fully saturated rings. The van der Waals surface area contributed by atoms with Crippen molar-refractivity contribution in [2.45, 2.75) is 38.5 Å². The van der Waals surface area contributed by atoms with Crippen LogP contribution in [0.1, 0.15) is 44.0 Å². The molecular formula is C23H30FN3O3S. The van der Waals surface area contributed by atoms with E-state index >= 15 is 0 Å². The fraction of sp³-hybridized carbons (Fsp3) is 0.435. The second kappa shape index (κ2) is 9.78. The van der Waals surface area contributed by atoms with Gasteiger partial charge in [-0.3, -0.25) is 4.79 Å². The maximum Gasteiger partial charge on any atom is 0.257 e. The van der Waals surface area contributed by atoms with Gasteiger partial charge in [0, 0.05) is 31.9 Å². The molecule has 1 N–H and O–H groups in total. The first-order valence-electron chi connectivity index (χ1n) is 10.7. The first-order valence-corrected chi connectivity index (χ1v) is 12.2. The third-order valence-corrected chi connectivity index (χ3v) is 7.85. The van der Waals surface area contributed by atoms with Gasteiger partial charge in [0.05, 0.1) is 16.1 Å². The Morgan fingerprint density at radius 1 is 1.13 bits per heavy atom. The second-order valence-electron chi connectivity index (χ2n) is 7.87.